The molecular formula is C18H23N3. The molecule has 1 aliphatic carbocycles. The second kappa shape index (κ2) is 4.04. The van der Waals surface area contributed by atoms with Crippen molar-refractivity contribution in [2.24, 2.45) is 5.73 Å². The smallest absolute Gasteiger partial charge is 0.110 e. The van der Waals surface area contributed by atoms with Gasteiger partial charge in [-0.2, -0.15) is 0 Å². The third kappa shape index (κ3) is 1.53. The van der Waals surface area contributed by atoms with E-state index in [9.17, 15) is 0 Å². The van der Waals surface area contributed by atoms with E-state index in [0.29, 0.717) is 0 Å². The number of nitrogens with zero attached hydrogens (tertiary/aromatic N) is 1. The average Bonchev–Trinajstić information content (AvgIpc) is 3.13. The van der Waals surface area contributed by atoms with Crippen molar-refractivity contribution in [3.8, 4) is 0 Å². The Morgan fingerprint density at radius 1 is 1.14 bits per heavy atom. The lowest BCUT2D eigenvalue weighted by Gasteiger charge is -2.40. The number of benzene rings is 1. The van der Waals surface area contributed by atoms with Crippen molar-refractivity contribution in [3.63, 3.8) is 0 Å². The normalized spacial score (nSPS) is 24.0. The first-order valence-corrected chi connectivity index (χ1v) is 8.45. The summed E-state index contributed by atoms with van der Waals surface area (Å²) in [5.41, 5.74) is 10.9. The van der Waals surface area contributed by atoms with Gasteiger partial charge in [-0.3, -0.25) is 0 Å². The molecule has 6 rings (SSSR count). The van der Waals surface area contributed by atoms with Gasteiger partial charge >= 0.3 is 0 Å². The van der Waals surface area contributed by atoms with E-state index in [0.717, 1.165) is 18.8 Å². The molecule has 1 saturated heterocycles. The summed E-state index contributed by atoms with van der Waals surface area (Å²) in [5, 5.41) is 1.44. The van der Waals surface area contributed by atoms with Crippen LogP contribution >= 0.6 is 0 Å². The number of piperidine rings is 1. The van der Waals surface area contributed by atoms with Gasteiger partial charge in [0.1, 0.15) is 5.82 Å². The molecule has 2 bridgehead atoms. The van der Waals surface area contributed by atoms with Crippen molar-refractivity contribution >= 4 is 16.7 Å². The van der Waals surface area contributed by atoms with Gasteiger partial charge in [-0.05, 0) is 37.2 Å². The molecule has 0 unspecified atom stereocenters. The third-order valence-corrected chi connectivity index (χ3v) is 6.10. The van der Waals surface area contributed by atoms with E-state index >= 15 is 0 Å². The first-order chi connectivity index (χ1) is 10.3. The maximum atomic E-state index is 6.76. The van der Waals surface area contributed by atoms with E-state index in [1.54, 1.807) is 5.56 Å². The average molecular weight is 281 g/mol. The number of rotatable bonds is 1. The van der Waals surface area contributed by atoms with Gasteiger partial charge in [-0.25, -0.2) is 0 Å². The number of nitrogens with two attached hydrogens (primary N) is 1. The van der Waals surface area contributed by atoms with Crippen molar-refractivity contribution in [1.82, 2.24) is 4.98 Å². The molecule has 2 aromatic rings. The third-order valence-electron chi connectivity index (χ3n) is 6.10. The zero-order valence-electron chi connectivity index (χ0n) is 12.5. The van der Waals surface area contributed by atoms with Crippen LogP contribution in [0.1, 0.15) is 55.6 Å². The van der Waals surface area contributed by atoms with E-state index in [1.807, 2.05) is 0 Å². The number of nitrogens with one attached hydrogen (secondary N) is 1. The molecule has 21 heavy (non-hydrogen) atoms. The molecule has 110 valence electrons. The SMILES string of the molecule is NC1(c2cccc3c4c([nH]c23)N2CCC4CC2)CCCC1. The van der Waals surface area contributed by atoms with Crippen LogP contribution in [0.25, 0.3) is 10.9 Å². The fourth-order valence-corrected chi connectivity index (χ4v) is 4.97. The molecule has 3 nitrogen and oxygen atoms in total. The Hall–Kier alpha value is -1.48. The lowest BCUT2D eigenvalue weighted by atomic mass is 9.83. The summed E-state index contributed by atoms with van der Waals surface area (Å²) in [5.74, 6) is 2.15. The first-order valence-electron chi connectivity index (χ1n) is 8.45. The van der Waals surface area contributed by atoms with E-state index in [4.69, 9.17) is 5.73 Å². The molecule has 0 spiro atoms. The zero-order chi connectivity index (χ0) is 14.0. The van der Waals surface area contributed by atoms with Gasteiger partial charge in [-0.15, -0.1) is 0 Å². The number of fused-ring (bicyclic) bond motifs is 3. The highest BCUT2D eigenvalue weighted by Gasteiger charge is 2.37. The number of H-pyrrole nitrogens is 1. The molecule has 1 aromatic carbocycles. The quantitative estimate of drug-likeness (QED) is 0.839. The number of aromatic nitrogens is 1. The molecule has 4 heterocycles. The predicted octanol–water partition coefficient (Wildman–Crippen LogP) is 3.59. The Labute approximate surface area is 125 Å². The summed E-state index contributed by atoms with van der Waals surface area (Å²) in [6.07, 6.45) is 7.42. The highest BCUT2D eigenvalue weighted by atomic mass is 15.2. The van der Waals surface area contributed by atoms with E-state index in [2.05, 4.69) is 28.1 Å². The van der Waals surface area contributed by atoms with Gasteiger partial charge in [0.05, 0.1) is 5.52 Å². The van der Waals surface area contributed by atoms with Crippen LogP contribution in [-0.2, 0) is 5.54 Å². The summed E-state index contributed by atoms with van der Waals surface area (Å²) in [4.78, 5) is 6.30. The molecule has 1 saturated carbocycles. The van der Waals surface area contributed by atoms with Gasteiger partial charge in [-0.1, -0.05) is 31.0 Å². The Morgan fingerprint density at radius 2 is 1.90 bits per heavy atom. The summed E-state index contributed by atoms with van der Waals surface area (Å²) in [6.45, 7) is 2.43. The molecule has 3 N–H and O–H groups in total. The van der Waals surface area contributed by atoms with E-state index in [1.165, 1.54) is 61.1 Å². The summed E-state index contributed by atoms with van der Waals surface area (Å²) < 4.78 is 0. The highest BCUT2D eigenvalue weighted by Crippen LogP contribution is 2.48. The van der Waals surface area contributed by atoms with Crippen LogP contribution in [0, 0.1) is 0 Å². The molecule has 3 heteroatoms. The Kier molecular flexibility index (Phi) is 2.33. The van der Waals surface area contributed by atoms with Gasteiger partial charge in [0.25, 0.3) is 0 Å². The van der Waals surface area contributed by atoms with Gasteiger partial charge in [0.15, 0.2) is 0 Å². The highest BCUT2D eigenvalue weighted by molar-refractivity contribution is 5.93. The van der Waals surface area contributed by atoms with Crippen molar-refractivity contribution in [2.45, 2.75) is 50.0 Å². The second-order valence-corrected chi connectivity index (χ2v) is 7.24. The van der Waals surface area contributed by atoms with Gasteiger partial charge in [0, 0.05) is 29.6 Å². The summed E-state index contributed by atoms with van der Waals surface area (Å²) in [6, 6.07) is 6.78. The van der Waals surface area contributed by atoms with Gasteiger partial charge < -0.3 is 15.6 Å². The topological polar surface area (TPSA) is 45.1 Å². The van der Waals surface area contributed by atoms with Crippen molar-refractivity contribution in [2.75, 3.05) is 18.0 Å². The van der Waals surface area contributed by atoms with Crippen molar-refractivity contribution in [3.05, 3.63) is 29.3 Å². The van der Waals surface area contributed by atoms with Crippen LogP contribution in [0.3, 0.4) is 0 Å². The van der Waals surface area contributed by atoms with Crippen LogP contribution in [0.15, 0.2) is 18.2 Å². The van der Waals surface area contributed by atoms with E-state index in [-0.39, 0.29) is 5.54 Å². The number of aromatic amines is 1. The fourth-order valence-electron chi connectivity index (χ4n) is 4.97. The molecule has 4 aliphatic rings. The Balaban J connectivity index is 1.77. The molecular weight excluding hydrogens is 258 g/mol. The van der Waals surface area contributed by atoms with Crippen LogP contribution in [-0.4, -0.2) is 18.1 Å². The van der Waals surface area contributed by atoms with Crippen LogP contribution in [0.2, 0.25) is 0 Å². The standard InChI is InChI=1S/C18H23N3/c19-18(8-1-2-9-18)14-5-3-4-13-15-12-6-10-21(11-7-12)17(15)20-16(13)14/h3-5,12,20H,1-2,6-11,19H2. The molecule has 1 aromatic heterocycles. The Bertz CT molecular complexity index is 701. The predicted molar refractivity (Wildman–Crippen MR) is 86.8 cm³/mol. The monoisotopic (exact) mass is 281 g/mol. The first kappa shape index (κ1) is 12.1. The number of hydrogen-bond acceptors (Lipinski definition) is 2. The number of para-hydroxylation sites is 1. The molecule has 0 radical (unpaired) electrons. The van der Waals surface area contributed by atoms with Crippen LogP contribution in [0.5, 0.6) is 0 Å². The lowest BCUT2D eigenvalue weighted by Crippen LogP contribution is -2.38. The van der Waals surface area contributed by atoms with Crippen molar-refractivity contribution < 1.29 is 0 Å². The lowest BCUT2D eigenvalue weighted by molar-refractivity contribution is 0.465. The van der Waals surface area contributed by atoms with Crippen LogP contribution < -0.4 is 10.6 Å². The van der Waals surface area contributed by atoms with Crippen LogP contribution in [0.4, 0.5) is 5.82 Å². The van der Waals surface area contributed by atoms with Gasteiger partial charge in [0.2, 0.25) is 0 Å². The maximum Gasteiger partial charge on any atom is 0.110 e. The largest absolute Gasteiger partial charge is 0.358 e. The van der Waals surface area contributed by atoms with E-state index < -0.39 is 0 Å². The molecule has 3 aliphatic heterocycles. The minimum absolute atomic E-state index is 0.110. The molecule has 0 amide bonds. The minimum atomic E-state index is -0.110. The molecule has 2 fully saturated rings. The zero-order valence-corrected chi connectivity index (χ0v) is 12.5. The second-order valence-electron chi connectivity index (χ2n) is 7.24. The number of hydrogen-bond donors (Lipinski definition) is 2. The molecule has 0 atom stereocenters. The summed E-state index contributed by atoms with van der Waals surface area (Å²) in [7, 11) is 0. The fraction of sp³-hybridized carbons (Fsp3) is 0.556. The maximum absolute atomic E-state index is 6.76. The number of anilines is 1. The minimum Gasteiger partial charge on any atom is -0.358 e. The summed E-state index contributed by atoms with van der Waals surface area (Å²) >= 11 is 0. The Morgan fingerprint density at radius 3 is 2.67 bits per heavy atom. The van der Waals surface area contributed by atoms with Crippen molar-refractivity contribution in [1.29, 1.82) is 0 Å².